The highest BCUT2D eigenvalue weighted by atomic mass is 19.4. The van der Waals surface area contributed by atoms with Gasteiger partial charge in [-0.05, 0) is 55.7 Å². The van der Waals surface area contributed by atoms with Crippen LogP contribution in [0, 0.1) is 0 Å². The van der Waals surface area contributed by atoms with Gasteiger partial charge in [0, 0.05) is 18.0 Å². The number of ether oxygens (including phenoxy) is 2. The molecule has 238 valence electrons. The number of halogens is 9. The van der Waals surface area contributed by atoms with Gasteiger partial charge in [-0.3, -0.25) is 9.80 Å². The monoisotopic (exact) mass is 630 g/mol. The van der Waals surface area contributed by atoms with Crippen molar-refractivity contribution in [3.8, 4) is 0 Å². The average Bonchev–Trinajstić information content (AvgIpc) is 2.91. The van der Waals surface area contributed by atoms with E-state index in [0.717, 1.165) is 12.0 Å². The third-order valence-corrected chi connectivity index (χ3v) is 7.17. The quantitative estimate of drug-likeness (QED) is 0.344. The summed E-state index contributed by atoms with van der Waals surface area (Å²) in [5, 5.41) is 8.97. The van der Waals surface area contributed by atoms with Crippen molar-refractivity contribution in [2.75, 3.05) is 25.2 Å². The van der Waals surface area contributed by atoms with Crippen LogP contribution < -0.4 is 4.90 Å². The van der Waals surface area contributed by atoms with E-state index in [1.165, 1.54) is 38.1 Å². The molecule has 0 saturated carbocycles. The predicted molar refractivity (Wildman–Crippen MR) is 133 cm³/mol. The van der Waals surface area contributed by atoms with Gasteiger partial charge in [-0.25, -0.2) is 9.59 Å². The Kier molecular flexibility index (Phi) is 9.54. The van der Waals surface area contributed by atoms with Crippen LogP contribution in [0.2, 0.25) is 0 Å². The standard InChI is InChI=1S/C27H27F9N2O5/c1-24(2,37(22(40)42-3)14-15-10-16(25(28,29)30)12-17(11-15)26(31,32)33)19-13-21(27(34,35)36)38(23(41)43-9-8-39)20-7-5-4-6-18(19)20/h4-7,10-12,19,21,39H,8-9,13-14H2,1-3H3. The van der Waals surface area contributed by atoms with Gasteiger partial charge in [0.15, 0.2) is 0 Å². The number of aliphatic hydroxyl groups excluding tert-OH is 1. The molecule has 43 heavy (non-hydrogen) atoms. The van der Waals surface area contributed by atoms with E-state index in [1.807, 2.05) is 0 Å². The van der Waals surface area contributed by atoms with E-state index in [2.05, 4.69) is 0 Å². The van der Waals surface area contributed by atoms with Crippen LogP contribution in [0.25, 0.3) is 0 Å². The Hall–Kier alpha value is -3.69. The Balaban J connectivity index is 2.17. The molecule has 2 amide bonds. The predicted octanol–water partition coefficient (Wildman–Crippen LogP) is 7.12. The van der Waals surface area contributed by atoms with Crippen LogP contribution in [0.4, 0.5) is 54.8 Å². The SMILES string of the molecule is COC(=O)N(Cc1cc(C(F)(F)F)cc(C(F)(F)F)c1)C(C)(C)C1CC(C(F)(F)F)N(C(=O)OCCO)c2ccccc21. The molecule has 2 unspecified atom stereocenters. The molecular formula is C27H27F9N2O5. The molecule has 2 aromatic carbocycles. The van der Waals surface area contributed by atoms with Gasteiger partial charge in [0.25, 0.3) is 0 Å². The number of amides is 2. The van der Waals surface area contributed by atoms with Crippen molar-refractivity contribution in [1.29, 1.82) is 0 Å². The third kappa shape index (κ3) is 7.28. The van der Waals surface area contributed by atoms with Crippen molar-refractivity contribution >= 4 is 17.9 Å². The van der Waals surface area contributed by atoms with Crippen LogP contribution in [0.1, 0.15) is 48.4 Å². The van der Waals surface area contributed by atoms with E-state index in [0.29, 0.717) is 17.0 Å². The van der Waals surface area contributed by atoms with Gasteiger partial charge < -0.3 is 14.6 Å². The van der Waals surface area contributed by atoms with Gasteiger partial charge >= 0.3 is 30.7 Å². The number of alkyl halides is 9. The summed E-state index contributed by atoms with van der Waals surface area (Å²) in [5.74, 6) is -1.27. The first-order valence-electron chi connectivity index (χ1n) is 12.6. The molecular weight excluding hydrogens is 603 g/mol. The molecule has 0 saturated heterocycles. The second kappa shape index (κ2) is 12.1. The largest absolute Gasteiger partial charge is 0.453 e. The summed E-state index contributed by atoms with van der Waals surface area (Å²) in [5.41, 5.74) is -5.77. The van der Waals surface area contributed by atoms with Crippen molar-refractivity contribution in [3.63, 3.8) is 0 Å². The number of hydrogen-bond donors (Lipinski definition) is 1. The number of anilines is 1. The lowest BCUT2D eigenvalue weighted by atomic mass is 9.73. The van der Waals surface area contributed by atoms with Crippen LogP contribution in [-0.2, 0) is 28.4 Å². The smallest absolute Gasteiger partial charge is 0.416 e. The number of para-hydroxylation sites is 1. The summed E-state index contributed by atoms with van der Waals surface area (Å²) in [6.45, 7) is 0.426. The fourth-order valence-electron chi connectivity index (χ4n) is 5.10. The highest BCUT2D eigenvalue weighted by Gasteiger charge is 2.55. The number of hydrogen-bond acceptors (Lipinski definition) is 5. The summed E-state index contributed by atoms with van der Waals surface area (Å²) in [6.07, 6.45) is -18.9. The summed E-state index contributed by atoms with van der Waals surface area (Å²) in [4.78, 5) is 26.8. The molecule has 0 aliphatic carbocycles. The molecule has 1 N–H and O–H groups in total. The van der Waals surface area contributed by atoms with Crippen LogP contribution in [0.15, 0.2) is 42.5 Å². The second-order valence-electron chi connectivity index (χ2n) is 10.2. The Morgan fingerprint density at radius 1 is 0.953 bits per heavy atom. The Morgan fingerprint density at radius 3 is 2.00 bits per heavy atom. The number of aliphatic hydroxyl groups is 1. The third-order valence-electron chi connectivity index (χ3n) is 7.17. The van der Waals surface area contributed by atoms with E-state index in [-0.39, 0.29) is 17.3 Å². The highest BCUT2D eigenvalue weighted by molar-refractivity contribution is 5.90. The number of fused-ring (bicyclic) bond motifs is 1. The lowest BCUT2D eigenvalue weighted by molar-refractivity contribution is -0.153. The Labute approximate surface area is 239 Å². The molecule has 2 atom stereocenters. The number of rotatable bonds is 6. The molecule has 7 nitrogen and oxygen atoms in total. The number of carbonyl (C=O) groups excluding carboxylic acids is 2. The van der Waals surface area contributed by atoms with Gasteiger partial charge in [0.05, 0.1) is 30.5 Å². The van der Waals surface area contributed by atoms with Crippen molar-refractivity contribution in [1.82, 2.24) is 4.90 Å². The Morgan fingerprint density at radius 2 is 1.51 bits per heavy atom. The molecule has 1 heterocycles. The summed E-state index contributed by atoms with van der Waals surface area (Å²) in [6, 6.07) is 3.57. The van der Waals surface area contributed by atoms with E-state index >= 15 is 0 Å². The fraction of sp³-hybridized carbons (Fsp3) is 0.481. The number of carbonyl (C=O) groups is 2. The number of nitrogens with zero attached hydrogens (tertiary/aromatic N) is 2. The number of benzene rings is 2. The van der Waals surface area contributed by atoms with Gasteiger partial charge in [-0.1, -0.05) is 18.2 Å². The maximum atomic E-state index is 14.4. The van der Waals surface area contributed by atoms with E-state index in [4.69, 9.17) is 14.6 Å². The van der Waals surface area contributed by atoms with E-state index < -0.39 is 91.1 Å². The molecule has 1 aliphatic rings. The fourth-order valence-corrected chi connectivity index (χ4v) is 5.10. The van der Waals surface area contributed by atoms with Gasteiger partial charge in [0.1, 0.15) is 12.6 Å². The molecule has 2 aromatic rings. The second-order valence-corrected chi connectivity index (χ2v) is 10.2. The molecule has 0 radical (unpaired) electrons. The van der Waals surface area contributed by atoms with Crippen molar-refractivity contribution in [3.05, 3.63) is 64.7 Å². The van der Waals surface area contributed by atoms with Crippen molar-refractivity contribution in [2.45, 2.75) is 62.8 Å². The van der Waals surface area contributed by atoms with E-state index in [9.17, 15) is 49.1 Å². The van der Waals surface area contributed by atoms with Crippen LogP contribution in [0.5, 0.6) is 0 Å². The normalized spacial score (nSPS) is 17.7. The maximum Gasteiger partial charge on any atom is 0.416 e. The van der Waals surface area contributed by atoms with Crippen molar-refractivity contribution in [2.24, 2.45) is 0 Å². The van der Waals surface area contributed by atoms with Crippen LogP contribution in [-0.4, -0.2) is 60.3 Å². The molecule has 1 aliphatic heterocycles. The van der Waals surface area contributed by atoms with Gasteiger partial charge in [-0.2, -0.15) is 39.5 Å². The minimum atomic E-state index is -5.18. The van der Waals surface area contributed by atoms with Gasteiger partial charge in [-0.15, -0.1) is 0 Å². The lowest BCUT2D eigenvalue weighted by Crippen LogP contribution is -2.58. The zero-order valence-corrected chi connectivity index (χ0v) is 22.9. The van der Waals surface area contributed by atoms with E-state index in [1.54, 1.807) is 0 Å². The first kappa shape index (κ1) is 33.8. The molecule has 3 rings (SSSR count). The van der Waals surface area contributed by atoms with Crippen LogP contribution >= 0.6 is 0 Å². The lowest BCUT2D eigenvalue weighted by Gasteiger charge is -2.49. The zero-order chi connectivity index (χ0) is 32.5. The number of methoxy groups -OCH3 is 1. The van der Waals surface area contributed by atoms with Crippen LogP contribution in [0.3, 0.4) is 0 Å². The minimum absolute atomic E-state index is 0.0904. The molecule has 0 bridgehead atoms. The first-order chi connectivity index (χ1) is 19.7. The molecule has 16 heteroatoms. The molecule has 0 aromatic heterocycles. The average molecular weight is 631 g/mol. The van der Waals surface area contributed by atoms with Crippen molar-refractivity contribution < 1.29 is 63.7 Å². The maximum absolute atomic E-state index is 14.4. The summed E-state index contributed by atoms with van der Waals surface area (Å²) >= 11 is 0. The molecule has 0 fully saturated rings. The topological polar surface area (TPSA) is 79.3 Å². The first-order valence-corrected chi connectivity index (χ1v) is 12.6. The summed E-state index contributed by atoms with van der Waals surface area (Å²) in [7, 11) is 0.894. The minimum Gasteiger partial charge on any atom is -0.453 e. The highest BCUT2D eigenvalue weighted by Crippen LogP contribution is 2.50. The molecule has 0 spiro atoms. The van der Waals surface area contributed by atoms with Gasteiger partial charge in [0.2, 0.25) is 0 Å². The Bertz CT molecular complexity index is 1290. The summed E-state index contributed by atoms with van der Waals surface area (Å²) < 4.78 is 134. The zero-order valence-electron chi connectivity index (χ0n) is 22.9.